The van der Waals surface area contributed by atoms with E-state index in [0.717, 1.165) is 41.5 Å². The van der Waals surface area contributed by atoms with E-state index >= 15 is 0 Å². The summed E-state index contributed by atoms with van der Waals surface area (Å²) in [7, 11) is 0. The molecule has 0 bridgehead atoms. The molecule has 1 aromatic heterocycles. The van der Waals surface area contributed by atoms with Crippen LogP contribution >= 0.6 is 11.3 Å². The summed E-state index contributed by atoms with van der Waals surface area (Å²) in [5.41, 5.74) is 1.45. The molecule has 4 rings (SSSR count). The Morgan fingerprint density at radius 3 is 3.17 bits per heavy atom. The van der Waals surface area contributed by atoms with Crippen LogP contribution in [0.25, 0.3) is 0 Å². The smallest absolute Gasteiger partial charge is 0.271 e. The molecule has 0 saturated carbocycles. The fraction of sp³-hybridized carbons (Fsp3) is 0.375. The van der Waals surface area contributed by atoms with Gasteiger partial charge in [0.15, 0.2) is 11.5 Å². The van der Waals surface area contributed by atoms with Crippen molar-refractivity contribution < 1.29 is 14.3 Å². The van der Waals surface area contributed by atoms with Crippen LogP contribution in [0.15, 0.2) is 23.6 Å². The number of ether oxygens (including phenoxy) is 2. The molecule has 1 saturated heterocycles. The topological polar surface area (TPSA) is 72.5 Å². The van der Waals surface area contributed by atoms with Crippen LogP contribution in [0.1, 0.15) is 39.9 Å². The van der Waals surface area contributed by atoms with Crippen LogP contribution in [0, 0.1) is 0 Å². The molecule has 2 aliphatic rings. The van der Waals surface area contributed by atoms with Gasteiger partial charge in [0.05, 0.1) is 6.04 Å². The van der Waals surface area contributed by atoms with Crippen molar-refractivity contribution in [1.29, 1.82) is 0 Å². The highest BCUT2D eigenvalue weighted by Gasteiger charge is 2.21. The molecule has 1 aromatic carbocycles. The van der Waals surface area contributed by atoms with E-state index in [-0.39, 0.29) is 12.7 Å². The predicted octanol–water partition coefficient (Wildman–Crippen LogP) is 2.23. The van der Waals surface area contributed by atoms with Crippen molar-refractivity contribution in [2.75, 3.05) is 13.3 Å². The van der Waals surface area contributed by atoms with Gasteiger partial charge in [0.25, 0.3) is 5.91 Å². The Morgan fingerprint density at radius 1 is 1.39 bits per heavy atom. The van der Waals surface area contributed by atoms with Gasteiger partial charge in [-0.1, -0.05) is 6.07 Å². The molecular formula is C16H17N3O3S. The molecule has 1 amide bonds. The van der Waals surface area contributed by atoms with Gasteiger partial charge in [0.2, 0.25) is 6.79 Å². The average molecular weight is 331 g/mol. The molecule has 0 aliphatic carbocycles. The largest absolute Gasteiger partial charge is 0.454 e. The molecule has 7 heteroatoms. The van der Waals surface area contributed by atoms with Crippen LogP contribution in [0.4, 0.5) is 0 Å². The SMILES string of the molecule is O=C(NCc1ccc2c(c1)OCO2)c1csc(C2CCCN2)n1. The molecular weight excluding hydrogens is 314 g/mol. The van der Waals surface area contributed by atoms with Crippen molar-refractivity contribution in [3.05, 3.63) is 39.8 Å². The molecule has 1 atom stereocenters. The number of hydrogen-bond acceptors (Lipinski definition) is 6. The van der Waals surface area contributed by atoms with Crippen molar-refractivity contribution in [2.24, 2.45) is 0 Å². The number of nitrogens with zero attached hydrogens (tertiary/aromatic N) is 1. The second-order valence-corrected chi connectivity index (χ2v) is 6.48. The molecule has 23 heavy (non-hydrogen) atoms. The first-order valence-electron chi connectivity index (χ1n) is 7.65. The Balaban J connectivity index is 1.38. The molecule has 2 aromatic rings. The molecule has 120 valence electrons. The number of carbonyl (C=O) groups excluding carboxylic acids is 1. The van der Waals surface area contributed by atoms with E-state index in [1.807, 2.05) is 23.6 Å². The number of thiazole rings is 1. The Bertz CT molecular complexity index is 725. The van der Waals surface area contributed by atoms with Gasteiger partial charge in [-0.15, -0.1) is 11.3 Å². The van der Waals surface area contributed by atoms with Gasteiger partial charge in [-0.25, -0.2) is 4.98 Å². The normalized spacial score (nSPS) is 19.0. The number of rotatable bonds is 4. The number of fused-ring (bicyclic) bond motifs is 1. The minimum Gasteiger partial charge on any atom is -0.454 e. The van der Waals surface area contributed by atoms with Crippen LogP contribution in [0.5, 0.6) is 11.5 Å². The number of amides is 1. The van der Waals surface area contributed by atoms with Crippen LogP contribution in [-0.2, 0) is 6.54 Å². The zero-order valence-electron chi connectivity index (χ0n) is 12.5. The van der Waals surface area contributed by atoms with E-state index in [2.05, 4.69) is 15.6 Å². The summed E-state index contributed by atoms with van der Waals surface area (Å²) in [4.78, 5) is 16.7. The lowest BCUT2D eigenvalue weighted by atomic mass is 10.2. The maximum atomic E-state index is 12.2. The van der Waals surface area contributed by atoms with Gasteiger partial charge < -0.3 is 20.1 Å². The quantitative estimate of drug-likeness (QED) is 0.899. The van der Waals surface area contributed by atoms with Gasteiger partial charge in [-0.2, -0.15) is 0 Å². The Hall–Kier alpha value is -2.12. The lowest BCUT2D eigenvalue weighted by Crippen LogP contribution is -2.23. The predicted molar refractivity (Wildman–Crippen MR) is 85.8 cm³/mol. The summed E-state index contributed by atoms with van der Waals surface area (Å²) in [6, 6.07) is 5.96. The molecule has 2 aliphatic heterocycles. The van der Waals surface area contributed by atoms with Crippen LogP contribution < -0.4 is 20.1 Å². The van der Waals surface area contributed by atoms with Gasteiger partial charge in [-0.3, -0.25) is 4.79 Å². The van der Waals surface area contributed by atoms with Crippen LogP contribution in [0.2, 0.25) is 0 Å². The van der Waals surface area contributed by atoms with E-state index in [1.54, 1.807) is 11.3 Å². The molecule has 0 spiro atoms. The summed E-state index contributed by atoms with van der Waals surface area (Å²) < 4.78 is 10.6. The number of benzene rings is 1. The lowest BCUT2D eigenvalue weighted by Gasteiger charge is -2.06. The van der Waals surface area contributed by atoms with Gasteiger partial charge in [0, 0.05) is 11.9 Å². The zero-order valence-corrected chi connectivity index (χ0v) is 13.3. The summed E-state index contributed by atoms with van der Waals surface area (Å²) in [6.45, 7) is 1.71. The summed E-state index contributed by atoms with van der Waals surface area (Å²) >= 11 is 1.54. The Labute approximate surface area is 137 Å². The zero-order chi connectivity index (χ0) is 15.6. The molecule has 2 N–H and O–H groups in total. The third-order valence-corrected chi connectivity index (χ3v) is 4.96. The summed E-state index contributed by atoms with van der Waals surface area (Å²) in [6.07, 6.45) is 2.25. The summed E-state index contributed by atoms with van der Waals surface area (Å²) in [5.74, 6) is 1.32. The standard InChI is InChI=1S/C16H17N3O3S/c20-15(12-8-23-16(19-12)11-2-1-5-17-11)18-7-10-3-4-13-14(6-10)22-9-21-13/h3-4,6,8,11,17H,1-2,5,7,9H2,(H,18,20). The molecule has 6 nitrogen and oxygen atoms in total. The Morgan fingerprint density at radius 2 is 2.30 bits per heavy atom. The highest BCUT2D eigenvalue weighted by molar-refractivity contribution is 7.09. The highest BCUT2D eigenvalue weighted by atomic mass is 32.1. The van der Waals surface area contributed by atoms with E-state index in [9.17, 15) is 4.79 Å². The second kappa shape index (κ2) is 6.17. The minimum atomic E-state index is -0.150. The molecule has 0 radical (unpaired) electrons. The van der Waals surface area contributed by atoms with E-state index in [1.165, 1.54) is 0 Å². The number of nitrogens with one attached hydrogen (secondary N) is 2. The first kappa shape index (κ1) is 14.5. The molecule has 1 unspecified atom stereocenters. The fourth-order valence-corrected chi connectivity index (χ4v) is 3.68. The maximum Gasteiger partial charge on any atom is 0.271 e. The van der Waals surface area contributed by atoms with Crippen molar-refractivity contribution in [3.8, 4) is 11.5 Å². The van der Waals surface area contributed by atoms with E-state index in [0.29, 0.717) is 18.3 Å². The van der Waals surface area contributed by atoms with Gasteiger partial charge in [0.1, 0.15) is 10.7 Å². The lowest BCUT2D eigenvalue weighted by molar-refractivity contribution is 0.0946. The van der Waals surface area contributed by atoms with E-state index < -0.39 is 0 Å². The first-order valence-corrected chi connectivity index (χ1v) is 8.53. The third-order valence-electron chi connectivity index (χ3n) is 4.00. The summed E-state index contributed by atoms with van der Waals surface area (Å²) in [5, 5.41) is 9.12. The highest BCUT2D eigenvalue weighted by Crippen LogP contribution is 2.32. The van der Waals surface area contributed by atoms with Crippen LogP contribution in [-0.4, -0.2) is 24.2 Å². The number of carbonyl (C=O) groups is 1. The maximum absolute atomic E-state index is 12.2. The average Bonchev–Trinajstić information content (AvgIpc) is 3.32. The monoisotopic (exact) mass is 331 g/mol. The number of aromatic nitrogens is 1. The molecule has 1 fully saturated rings. The third kappa shape index (κ3) is 3.02. The van der Waals surface area contributed by atoms with Crippen molar-refractivity contribution >= 4 is 17.2 Å². The first-order chi connectivity index (χ1) is 11.3. The van der Waals surface area contributed by atoms with Crippen molar-refractivity contribution in [2.45, 2.75) is 25.4 Å². The Kier molecular flexibility index (Phi) is 3.88. The minimum absolute atomic E-state index is 0.150. The fourth-order valence-electron chi connectivity index (χ4n) is 2.77. The van der Waals surface area contributed by atoms with Gasteiger partial charge >= 0.3 is 0 Å². The van der Waals surface area contributed by atoms with E-state index in [4.69, 9.17) is 9.47 Å². The second-order valence-electron chi connectivity index (χ2n) is 5.59. The van der Waals surface area contributed by atoms with Crippen LogP contribution in [0.3, 0.4) is 0 Å². The van der Waals surface area contributed by atoms with Crippen molar-refractivity contribution in [3.63, 3.8) is 0 Å². The number of hydrogen-bond donors (Lipinski definition) is 2. The van der Waals surface area contributed by atoms with Gasteiger partial charge in [-0.05, 0) is 37.1 Å². The van der Waals surface area contributed by atoms with Crippen molar-refractivity contribution in [1.82, 2.24) is 15.6 Å². The molecule has 3 heterocycles.